The first-order valence-corrected chi connectivity index (χ1v) is 10.8. The van der Waals surface area contributed by atoms with E-state index in [2.05, 4.69) is 16.0 Å². The molecule has 1 aromatic carbocycles. The molecule has 1 aromatic rings. The van der Waals surface area contributed by atoms with E-state index in [1.165, 1.54) is 11.8 Å². The van der Waals surface area contributed by atoms with E-state index in [9.17, 15) is 28.8 Å². The highest BCUT2D eigenvalue weighted by atomic mass is 32.2. The predicted octanol–water partition coefficient (Wildman–Crippen LogP) is -0.652. The molecular weight excluding hydrogens is 438 g/mol. The van der Waals surface area contributed by atoms with Crippen molar-refractivity contribution in [3.63, 3.8) is 0 Å². The second-order valence-corrected chi connectivity index (χ2v) is 8.48. The lowest BCUT2D eigenvalue weighted by atomic mass is 10.0. The molecule has 0 aromatic heterocycles. The van der Waals surface area contributed by atoms with Crippen LogP contribution in [0.3, 0.4) is 0 Å². The van der Waals surface area contributed by atoms with Crippen LogP contribution < -0.4 is 16.0 Å². The van der Waals surface area contributed by atoms with E-state index in [1.807, 2.05) is 0 Å². The van der Waals surface area contributed by atoms with Crippen molar-refractivity contribution in [2.24, 2.45) is 0 Å². The SMILES string of the molecule is CCN1CCN(C(=O)N[C@@H](C(=O)N[C@@H]2C(=O)N[C@H]2SC(C)=O)c2ccccc2)C(=O)C1=O. The van der Waals surface area contributed by atoms with Gasteiger partial charge in [0.25, 0.3) is 0 Å². The van der Waals surface area contributed by atoms with Gasteiger partial charge in [0, 0.05) is 26.6 Å². The van der Waals surface area contributed by atoms with Crippen LogP contribution in [0.15, 0.2) is 30.3 Å². The fraction of sp³-hybridized carbons (Fsp3) is 0.400. The molecule has 2 aliphatic rings. The summed E-state index contributed by atoms with van der Waals surface area (Å²) in [5.41, 5.74) is 0.417. The predicted molar refractivity (Wildman–Crippen MR) is 114 cm³/mol. The summed E-state index contributed by atoms with van der Waals surface area (Å²) in [6, 6.07) is 5.20. The van der Waals surface area contributed by atoms with E-state index in [4.69, 9.17) is 0 Å². The van der Waals surface area contributed by atoms with Gasteiger partial charge in [-0.1, -0.05) is 42.1 Å². The van der Waals surface area contributed by atoms with E-state index >= 15 is 0 Å². The van der Waals surface area contributed by atoms with Crippen molar-refractivity contribution in [1.29, 1.82) is 0 Å². The first-order chi connectivity index (χ1) is 15.2. The van der Waals surface area contributed by atoms with Gasteiger partial charge in [-0.2, -0.15) is 0 Å². The average molecular weight is 462 g/mol. The Morgan fingerprint density at radius 2 is 1.81 bits per heavy atom. The van der Waals surface area contributed by atoms with Crippen LogP contribution in [-0.4, -0.2) is 75.6 Å². The summed E-state index contributed by atoms with van der Waals surface area (Å²) in [7, 11) is 0. The molecule has 0 unspecified atom stereocenters. The summed E-state index contributed by atoms with van der Waals surface area (Å²) < 4.78 is 0. The van der Waals surface area contributed by atoms with Gasteiger partial charge in [-0.3, -0.25) is 28.9 Å². The molecule has 2 heterocycles. The standard InChI is InChI=1S/C20H23N5O6S/c1-3-24-9-10-25(19(30)18(24)29)20(31)22-13(12-7-5-4-6-8-12)15(27)21-14-16(28)23-17(14)32-11(2)26/h4-8,13-14,17H,3,9-10H2,1-2H3,(H,21,27)(H,22,31)(H,23,28)/t13-,14-,17+/m1/s1. The quantitative estimate of drug-likeness (QED) is 0.377. The number of carbonyl (C=O) groups is 6. The van der Waals surface area contributed by atoms with E-state index in [-0.39, 0.29) is 18.2 Å². The van der Waals surface area contributed by atoms with Crippen molar-refractivity contribution in [3.05, 3.63) is 35.9 Å². The van der Waals surface area contributed by atoms with Gasteiger partial charge in [0.15, 0.2) is 5.12 Å². The van der Waals surface area contributed by atoms with Crippen LogP contribution in [-0.2, 0) is 24.0 Å². The lowest BCUT2D eigenvalue weighted by molar-refractivity contribution is -0.153. The van der Waals surface area contributed by atoms with Crippen molar-refractivity contribution < 1.29 is 28.8 Å². The van der Waals surface area contributed by atoms with Gasteiger partial charge < -0.3 is 20.9 Å². The van der Waals surface area contributed by atoms with Crippen molar-refractivity contribution in [3.8, 4) is 0 Å². The van der Waals surface area contributed by atoms with Crippen LogP contribution >= 0.6 is 11.8 Å². The number of imide groups is 1. The zero-order chi connectivity index (χ0) is 23.4. The molecule has 3 rings (SSSR count). The highest BCUT2D eigenvalue weighted by Gasteiger charge is 2.43. The Morgan fingerprint density at radius 1 is 1.12 bits per heavy atom. The maximum absolute atomic E-state index is 13.0. The molecule has 2 aliphatic heterocycles. The van der Waals surface area contributed by atoms with Crippen LogP contribution in [0.1, 0.15) is 25.5 Å². The second-order valence-electron chi connectivity index (χ2n) is 7.16. The molecule has 6 amide bonds. The molecular formula is C20H23N5O6S. The molecule has 11 nitrogen and oxygen atoms in total. The summed E-state index contributed by atoms with van der Waals surface area (Å²) in [4.78, 5) is 75.6. The molecule has 0 spiro atoms. The summed E-state index contributed by atoms with van der Waals surface area (Å²) >= 11 is 0.874. The number of rotatable bonds is 6. The topological polar surface area (TPSA) is 145 Å². The highest BCUT2D eigenvalue weighted by molar-refractivity contribution is 8.14. The summed E-state index contributed by atoms with van der Waals surface area (Å²) in [5.74, 6) is -2.90. The molecule has 2 fully saturated rings. The lowest BCUT2D eigenvalue weighted by Gasteiger charge is -2.37. The minimum Gasteiger partial charge on any atom is -0.340 e. The maximum Gasteiger partial charge on any atom is 0.325 e. The number of thioether (sulfide) groups is 1. The largest absolute Gasteiger partial charge is 0.340 e. The number of amides is 6. The monoisotopic (exact) mass is 461 g/mol. The summed E-state index contributed by atoms with van der Waals surface area (Å²) in [5, 5.41) is 6.72. The van der Waals surface area contributed by atoms with Gasteiger partial charge in [-0.05, 0) is 12.5 Å². The van der Waals surface area contributed by atoms with Crippen LogP contribution in [0.2, 0.25) is 0 Å². The molecule has 3 atom stereocenters. The van der Waals surface area contributed by atoms with E-state index in [1.54, 1.807) is 37.3 Å². The fourth-order valence-corrected chi connectivity index (χ4v) is 4.19. The van der Waals surface area contributed by atoms with E-state index < -0.39 is 47.1 Å². The van der Waals surface area contributed by atoms with Gasteiger partial charge in [-0.25, -0.2) is 4.79 Å². The molecule has 12 heteroatoms. The number of nitrogens with one attached hydrogen (secondary N) is 3. The number of urea groups is 1. The number of piperazine rings is 1. The van der Waals surface area contributed by atoms with Gasteiger partial charge in [0.1, 0.15) is 17.5 Å². The van der Waals surface area contributed by atoms with Crippen LogP contribution in [0.4, 0.5) is 4.79 Å². The minimum atomic E-state index is -1.23. The van der Waals surface area contributed by atoms with E-state index in [0.717, 1.165) is 16.7 Å². The zero-order valence-electron chi connectivity index (χ0n) is 17.5. The third-order valence-corrected chi connectivity index (χ3v) is 6.03. The molecule has 0 aliphatic carbocycles. The van der Waals surface area contributed by atoms with Gasteiger partial charge in [-0.15, -0.1) is 0 Å². The van der Waals surface area contributed by atoms with Crippen LogP contribution in [0.25, 0.3) is 0 Å². The molecule has 170 valence electrons. The molecule has 0 saturated carbocycles. The molecule has 32 heavy (non-hydrogen) atoms. The maximum atomic E-state index is 13.0. The molecule has 0 radical (unpaired) electrons. The number of benzene rings is 1. The second kappa shape index (κ2) is 9.81. The Balaban J connectivity index is 1.75. The number of carbonyl (C=O) groups excluding carboxylic acids is 6. The van der Waals surface area contributed by atoms with Crippen LogP contribution in [0, 0.1) is 0 Å². The number of likely N-dealkylation sites (N-methyl/N-ethyl adjacent to an activating group) is 1. The molecule has 3 N–H and O–H groups in total. The number of β-lactam (4-membered cyclic amide) rings is 1. The Hall–Kier alpha value is -3.41. The normalized spacial score (nSPS) is 21.4. The van der Waals surface area contributed by atoms with Crippen molar-refractivity contribution in [1.82, 2.24) is 25.8 Å². The minimum absolute atomic E-state index is 0.00423. The summed E-state index contributed by atoms with van der Waals surface area (Å²) in [6.45, 7) is 3.61. The van der Waals surface area contributed by atoms with Crippen molar-refractivity contribution in [2.45, 2.75) is 31.3 Å². The zero-order valence-corrected chi connectivity index (χ0v) is 18.3. The number of nitrogens with zero attached hydrogens (tertiary/aromatic N) is 2. The third kappa shape index (κ3) is 4.90. The van der Waals surface area contributed by atoms with E-state index in [0.29, 0.717) is 12.1 Å². The first kappa shape index (κ1) is 23.3. The fourth-order valence-electron chi connectivity index (χ4n) is 3.33. The Labute approximate surface area is 188 Å². The van der Waals surface area contributed by atoms with Gasteiger partial charge in [0.2, 0.25) is 11.8 Å². The molecule has 2 saturated heterocycles. The Bertz CT molecular complexity index is 955. The van der Waals surface area contributed by atoms with Gasteiger partial charge >= 0.3 is 17.8 Å². The summed E-state index contributed by atoms with van der Waals surface area (Å²) in [6.07, 6.45) is 0. The Morgan fingerprint density at radius 3 is 2.41 bits per heavy atom. The molecule has 0 bridgehead atoms. The first-order valence-electron chi connectivity index (χ1n) is 9.97. The third-order valence-electron chi connectivity index (χ3n) is 5.06. The smallest absolute Gasteiger partial charge is 0.325 e. The van der Waals surface area contributed by atoms with Crippen LogP contribution in [0.5, 0.6) is 0 Å². The lowest BCUT2D eigenvalue weighted by Crippen LogP contribution is -2.68. The van der Waals surface area contributed by atoms with Crippen molar-refractivity contribution >= 4 is 46.5 Å². The number of hydrogen-bond acceptors (Lipinski definition) is 7. The number of hydrogen-bond donors (Lipinski definition) is 3. The highest BCUT2D eigenvalue weighted by Crippen LogP contribution is 2.22. The average Bonchev–Trinajstić information content (AvgIpc) is 2.77. The van der Waals surface area contributed by atoms with Gasteiger partial charge in [0.05, 0.1) is 0 Å². The Kier molecular flexibility index (Phi) is 7.13. The van der Waals surface area contributed by atoms with Crippen molar-refractivity contribution in [2.75, 3.05) is 19.6 Å².